The summed E-state index contributed by atoms with van der Waals surface area (Å²) in [6.07, 6.45) is 0.972. The van der Waals surface area contributed by atoms with Gasteiger partial charge in [0.05, 0.1) is 23.1 Å². The fraction of sp³-hybridized carbons (Fsp3) is 0.250. The predicted molar refractivity (Wildman–Crippen MR) is 102 cm³/mol. The maximum atomic E-state index is 10.8. The molecule has 0 saturated heterocycles. The highest BCUT2D eigenvalue weighted by Crippen LogP contribution is 2.20. The van der Waals surface area contributed by atoms with Crippen molar-refractivity contribution in [3.05, 3.63) is 75.7 Å². The number of nitrogens with zero attached hydrogens (tertiary/aromatic N) is 5. The lowest BCUT2D eigenvalue weighted by Crippen LogP contribution is -2.23. The van der Waals surface area contributed by atoms with E-state index < -0.39 is 4.92 Å². The Morgan fingerprint density at radius 1 is 1.14 bits per heavy atom. The van der Waals surface area contributed by atoms with E-state index in [1.54, 1.807) is 24.3 Å². The molecule has 0 aliphatic heterocycles. The zero-order valence-electron chi connectivity index (χ0n) is 15.4. The molecule has 0 spiro atoms. The van der Waals surface area contributed by atoms with Gasteiger partial charge in [0, 0.05) is 24.2 Å². The first-order chi connectivity index (χ1) is 13.6. The summed E-state index contributed by atoms with van der Waals surface area (Å²) in [5.41, 5.74) is 2.41. The van der Waals surface area contributed by atoms with Crippen LogP contribution in [-0.2, 0) is 13.1 Å². The van der Waals surface area contributed by atoms with Crippen molar-refractivity contribution in [2.24, 2.45) is 0 Å². The summed E-state index contributed by atoms with van der Waals surface area (Å²) >= 11 is 0. The van der Waals surface area contributed by atoms with Crippen molar-refractivity contribution in [3.8, 4) is 17.5 Å². The standard InChI is InChI=1S/C20H19N5O3/c1-2-11-24(13-16-5-3-15(12-21)4-6-16)14-19-22-20(23-28-19)17-7-9-18(10-8-17)25(26)27/h3-10H,2,11,13-14H2,1H3. The van der Waals surface area contributed by atoms with E-state index in [1.165, 1.54) is 12.1 Å². The molecular weight excluding hydrogens is 358 g/mol. The van der Waals surface area contributed by atoms with Gasteiger partial charge in [-0.15, -0.1) is 0 Å². The minimum atomic E-state index is -0.447. The van der Waals surface area contributed by atoms with E-state index in [4.69, 9.17) is 9.78 Å². The first-order valence-electron chi connectivity index (χ1n) is 8.88. The maximum Gasteiger partial charge on any atom is 0.269 e. The molecular formula is C20H19N5O3. The molecule has 0 radical (unpaired) electrons. The Balaban J connectivity index is 1.69. The van der Waals surface area contributed by atoms with Crippen LogP contribution in [0.25, 0.3) is 11.4 Å². The molecule has 0 unspecified atom stereocenters. The molecule has 0 fully saturated rings. The summed E-state index contributed by atoms with van der Waals surface area (Å²) in [5.74, 6) is 0.884. The number of hydrogen-bond donors (Lipinski definition) is 0. The summed E-state index contributed by atoms with van der Waals surface area (Å²) in [7, 11) is 0. The average Bonchev–Trinajstić information content (AvgIpc) is 3.17. The maximum absolute atomic E-state index is 10.8. The number of hydrogen-bond acceptors (Lipinski definition) is 7. The van der Waals surface area contributed by atoms with Gasteiger partial charge in [-0.3, -0.25) is 15.0 Å². The molecule has 0 saturated carbocycles. The van der Waals surface area contributed by atoms with Gasteiger partial charge in [0.1, 0.15) is 0 Å². The third-order valence-corrected chi connectivity index (χ3v) is 4.19. The van der Waals surface area contributed by atoms with E-state index in [1.807, 2.05) is 12.1 Å². The zero-order valence-corrected chi connectivity index (χ0v) is 15.4. The molecule has 28 heavy (non-hydrogen) atoms. The van der Waals surface area contributed by atoms with Crippen LogP contribution < -0.4 is 0 Å². The van der Waals surface area contributed by atoms with Gasteiger partial charge in [-0.2, -0.15) is 10.2 Å². The Kier molecular flexibility index (Phi) is 6.09. The topological polar surface area (TPSA) is 109 Å². The lowest BCUT2D eigenvalue weighted by atomic mass is 10.1. The minimum absolute atomic E-state index is 0.0176. The van der Waals surface area contributed by atoms with Crippen LogP contribution in [0.15, 0.2) is 53.1 Å². The van der Waals surface area contributed by atoms with E-state index >= 15 is 0 Å². The number of non-ortho nitro benzene ring substituents is 1. The second-order valence-electron chi connectivity index (χ2n) is 6.34. The van der Waals surface area contributed by atoms with Crippen LogP contribution in [0.2, 0.25) is 0 Å². The van der Waals surface area contributed by atoms with Crippen molar-refractivity contribution in [1.82, 2.24) is 15.0 Å². The van der Waals surface area contributed by atoms with Gasteiger partial charge in [0.15, 0.2) is 0 Å². The molecule has 1 aromatic heterocycles. The minimum Gasteiger partial charge on any atom is -0.338 e. The molecule has 2 aromatic carbocycles. The van der Waals surface area contributed by atoms with Gasteiger partial charge in [-0.05, 0) is 42.8 Å². The number of benzene rings is 2. The number of aromatic nitrogens is 2. The van der Waals surface area contributed by atoms with E-state index in [0.29, 0.717) is 35.9 Å². The van der Waals surface area contributed by atoms with E-state index in [0.717, 1.165) is 18.5 Å². The first-order valence-corrected chi connectivity index (χ1v) is 8.88. The van der Waals surface area contributed by atoms with Crippen LogP contribution in [0.1, 0.15) is 30.4 Å². The number of nitriles is 1. The molecule has 0 aliphatic carbocycles. The third kappa shape index (κ3) is 4.78. The van der Waals surface area contributed by atoms with E-state index in [-0.39, 0.29) is 5.69 Å². The highest BCUT2D eigenvalue weighted by Gasteiger charge is 2.14. The van der Waals surface area contributed by atoms with Crippen LogP contribution >= 0.6 is 0 Å². The Hall–Kier alpha value is -3.57. The zero-order chi connectivity index (χ0) is 19.9. The monoisotopic (exact) mass is 377 g/mol. The second-order valence-corrected chi connectivity index (χ2v) is 6.34. The number of rotatable bonds is 8. The summed E-state index contributed by atoms with van der Waals surface area (Å²) in [4.78, 5) is 16.9. The lowest BCUT2D eigenvalue weighted by Gasteiger charge is -2.19. The Morgan fingerprint density at radius 2 is 1.86 bits per heavy atom. The smallest absolute Gasteiger partial charge is 0.269 e. The molecule has 8 nitrogen and oxygen atoms in total. The van der Waals surface area contributed by atoms with Crippen LogP contribution in [-0.4, -0.2) is 26.5 Å². The number of nitro benzene ring substituents is 1. The van der Waals surface area contributed by atoms with Crippen molar-refractivity contribution in [1.29, 1.82) is 5.26 Å². The van der Waals surface area contributed by atoms with Crippen LogP contribution in [0.3, 0.4) is 0 Å². The average molecular weight is 377 g/mol. The quantitative estimate of drug-likeness (QED) is 0.432. The van der Waals surface area contributed by atoms with Gasteiger partial charge in [0.25, 0.3) is 5.69 Å². The molecule has 0 aliphatic rings. The second kappa shape index (κ2) is 8.88. The first kappa shape index (κ1) is 19.2. The molecule has 142 valence electrons. The molecule has 0 N–H and O–H groups in total. The van der Waals surface area contributed by atoms with Crippen molar-refractivity contribution in [3.63, 3.8) is 0 Å². The fourth-order valence-corrected chi connectivity index (χ4v) is 2.83. The van der Waals surface area contributed by atoms with Crippen molar-refractivity contribution >= 4 is 5.69 Å². The van der Waals surface area contributed by atoms with Crippen molar-refractivity contribution < 1.29 is 9.45 Å². The summed E-state index contributed by atoms with van der Waals surface area (Å²) in [6.45, 7) is 4.15. The molecule has 0 bridgehead atoms. The Labute approximate surface area is 162 Å². The highest BCUT2D eigenvalue weighted by atomic mass is 16.6. The van der Waals surface area contributed by atoms with Gasteiger partial charge >= 0.3 is 0 Å². The Bertz CT molecular complexity index is 974. The molecule has 0 amide bonds. The van der Waals surface area contributed by atoms with Crippen LogP contribution in [0, 0.1) is 21.4 Å². The predicted octanol–water partition coefficient (Wildman–Crippen LogP) is 3.93. The van der Waals surface area contributed by atoms with Crippen LogP contribution in [0.5, 0.6) is 0 Å². The third-order valence-electron chi connectivity index (χ3n) is 4.19. The van der Waals surface area contributed by atoms with Gasteiger partial charge in [-0.25, -0.2) is 0 Å². The Morgan fingerprint density at radius 3 is 2.46 bits per heavy atom. The van der Waals surface area contributed by atoms with E-state index in [2.05, 4.69) is 28.0 Å². The van der Waals surface area contributed by atoms with E-state index in [9.17, 15) is 10.1 Å². The van der Waals surface area contributed by atoms with Gasteiger partial charge in [-0.1, -0.05) is 24.2 Å². The van der Waals surface area contributed by atoms with Crippen LogP contribution in [0.4, 0.5) is 5.69 Å². The summed E-state index contributed by atoms with van der Waals surface area (Å²) in [5, 5.41) is 23.6. The molecule has 1 heterocycles. The summed E-state index contributed by atoms with van der Waals surface area (Å²) < 4.78 is 5.37. The van der Waals surface area contributed by atoms with Crippen molar-refractivity contribution in [2.45, 2.75) is 26.4 Å². The molecule has 3 aromatic rings. The molecule has 0 atom stereocenters. The normalized spacial score (nSPS) is 10.8. The lowest BCUT2D eigenvalue weighted by molar-refractivity contribution is -0.384. The summed E-state index contributed by atoms with van der Waals surface area (Å²) in [6, 6.07) is 15.7. The highest BCUT2D eigenvalue weighted by molar-refractivity contribution is 5.56. The fourth-order valence-electron chi connectivity index (χ4n) is 2.83. The molecule has 8 heteroatoms. The van der Waals surface area contributed by atoms with Gasteiger partial charge < -0.3 is 4.52 Å². The largest absolute Gasteiger partial charge is 0.338 e. The SMILES string of the molecule is CCCN(Cc1ccc(C#N)cc1)Cc1nc(-c2ccc([N+](=O)[O-])cc2)no1. The molecule has 3 rings (SSSR count). The van der Waals surface area contributed by atoms with Crippen molar-refractivity contribution in [2.75, 3.05) is 6.54 Å². The number of nitro groups is 1. The van der Waals surface area contributed by atoms with Gasteiger partial charge in [0.2, 0.25) is 11.7 Å².